The molecule has 0 aromatic heterocycles. The van der Waals surface area contributed by atoms with Crippen molar-refractivity contribution >= 4 is 5.97 Å². The third-order valence-electron chi connectivity index (χ3n) is 1.47. The molecule has 0 amide bonds. The van der Waals surface area contributed by atoms with E-state index in [-0.39, 0.29) is 12.1 Å². The molecule has 1 aliphatic rings. The molecular formula is C7H12O3. The Labute approximate surface area is 60.3 Å². The fourth-order valence-electron chi connectivity index (χ4n) is 0.875. The van der Waals surface area contributed by atoms with Gasteiger partial charge in [-0.25, -0.2) is 0 Å². The predicted octanol–water partition coefficient (Wildman–Crippen LogP) is 0.728. The molecular weight excluding hydrogens is 132 g/mol. The van der Waals surface area contributed by atoms with Crippen LogP contribution in [0.15, 0.2) is 0 Å². The van der Waals surface area contributed by atoms with Crippen LogP contribution in [-0.2, 0) is 14.3 Å². The molecule has 0 radical (unpaired) electrons. The number of carbonyl (C=O) groups excluding carboxylic acids is 1. The van der Waals surface area contributed by atoms with E-state index in [9.17, 15) is 4.79 Å². The molecule has 1 rings (SSSR count). The Hall–Kier alpha value is -0.570. The van der Waals surface area contributed by atoms with Gasteiger partial charge in [0.05, 0.1) is 13.2 Å². The molecule has 0 aromatic rings. The first-order valence-corrected chi connectivity index (χ1v) is 3.60. The molecule has 0 spiro atoms. The molecule has 0 N–H and O–H groups in total. The normalized spacial score (nSPS) is 24.7. The summed E-state index contributed by atoms with van der Waals surface area (Å²) in [7, 11) is 0. The Kier molecular flexibility index (Phi) is 2.68. The van der Waals surface area contributed by atoms with E-state index in [1.165, 1.54) is 0 Å². The zero-order valence-electron chi connectivity index (χ0n) is 6.13. The summed E-state index contributed by atoms with van der Waals surface area (Å²) in [4.78, 5) is 10.7. The van der Waals surface area contributed by atoms with Gasteiger partial charge in [-0.15, -0.1) is 0 Å². The van der Waals surface area contributed by atoms with Gasteiger partial charge in [0.25, 0.3) is 0 Å². The van der Waals surface area contributed by atoms with Crippen LogP contribution in [0.5, 0.6) is 0 Å². The van der Waals surface area contributed by atoms with Crippen LogP contribution in [0.1, 0.15) is 19.8 Å². The predicted molar refractivity (Wildman–Crippen MR) is 35.6 cm³/mol. The molecule has 3 nitrogen and oxygen atoms in total. The smallest absolute Gasteiger partial charge is 0.305 e. The van der Waals surface area contributed by atoms with Crippen LogP contribution in [0.25, 0.3) is 0 Å². The summed E-state index contributed by atoms with van der Waals surface area (Å²) in [5.74, 6) is -0.129. The molecule has 1 heterocycles. The molecule has 1 fully saturated rings. The van der Waals surface area contributed by atoms with Crippen molar-refractivity contribution in [2.75, 3.05) is 13.2 Å². The van der Waals surface area contributed by atoms with Crippen molar-refractivity contribution in [3.05, 3.63) is 0 Å². The lowest BCUT2D eigenvalue weighted by molar-refractivity contribution is -0.148. The van der Waals surface area contributed by atoms with Crippen molar-refractivity contribution < 1.29 is 14.3 Å². The average Bonchev–Trinajstić information content (AvgIpc) is 2.40. The fraction of sp³-hybridized carbons (Fsp3) is 0.857. The van der Waals surface area contributed by atoms with Crippen molar-refractivity contribution in [3.63, 3.8) is 0 Å². The standard InChI is InChI=1S/C7H12O3/c1-2-7(8)10-6-3-4-9-5-6/h6H,2-5H2,1H3. The fourth-order valence-corrected chi connectivity index (χ4v) is 0.875. The van der Waals surface area contributed by atoms with Crippen LogP contribution in [0.2, 0.25) is 0 Å². The molecule has 0 saturated carbocycles. The lowest BCUT2D eigenvalue weighted by atomic mass is 10.3. The van der Waals surface area contributed by atoms with Gasteiger partial charge in [0.2, 0.25) is 0 Å². The molecule has 1 saturated heterocycles. The van der Waals surface area contributed by atoms with Gasteiger partial charge in [0.1, 0.15) is 6.10 Å². The van der Waals surface area contributed by atoms with E-state index in [1.54, 1.807) is 6.92 Å². The Morgan fingerprint density at radius 3 is 3.10 bits per heavy atom. The van der Waals surface area contributed by atoms with E-state index in [0.29, 0.717) is 13.0 Å². The Morgan fingerprint density at radius 2 is 2.60 bits per heavy atom. The molecule has 1 aliphatic heterocycles. The summed E-state index contributed by atoms with van der Waals surface area (Å²) in [6.07, 6.45) is 1.33. The van der Waals surface area contributed by atoms with E-state index in [2.05, 4.69) is 0 Å². The Balaban J connectivity index is 2.17. The van der Waals surface area contributed by atoms with Gasteiger partial charge in [-0.2, -0.15) is 0 Å². The number of hydrogen-bond acceptors (Lipinski definition) is 3. The van der Waals surface area contributed by atoms with Gasteiger partial charge in [0.15, 0.2) is 0 Å². The highest BCUT2D eigenvalue weighted by atomic mass is 16.6. The summed E-state index contributed by atoms with van der Waals surface area (Å²) < 4.78 is 10.0. The molecule has 0 aliphatic carbocycles. The van der Waals surface area contributed by atoms with E-state index >= 15 is 0 Å². The molecule has 1 unspecified atom stereocenters. The van der Waals surface area contributed by atoms with Crippen molar-refractivity contribution in [1.82, 2.24) is 0 Å². The van der Waals surface area contributed by atoms with Gasteiger partial charge in [-0.05, 0) is 0 Å². The van der Waals surface area contributed by atoms with E-state index < -0.39 is 0 Å². The molecule has 0 aromatic carbocycles. The highest BCUT2D eigenvalue weighted by Gasteiger charge is 2.18. The van der Waals surface area contributed by atoms with Crippen molar-refractivity contribution in [1.29, 1.82) is 0 Å². The highest BCUT2D eigenvalue weighted by molar-refractivity contribution is 5.69. The maximum absolute atomic E-state index is 10.7. The summed E-state index contributed by atoms with van der Waals surface area (Å²) >= 11 is 0. The van der Waals surface area contributed by atoms with Crippen LogP contribution in [0.4, 0.5) is 0 Å². The second-order valence-corrected chi connectivity index (χ2v) is 2.33. The van der Waals surface area contributed by atoms with Crippen LogP contribution in [-0.4, -0.2) is 25.3 Å². The lowest BCUT2D eigenvalue weighted by Gasteiger charge is -2.07. The van der Waals surface area contributed by atoms with Crippen molar-refractivity contribution in [3.8, 4) is 0 Å². The first kappa shape index (κ1) is 7.54. The molecule has 58 valence electrons. The Bertz CT molecular complexity index is 116. The van der Waals surface area contributed by atoms with Crippen molar-refractivity contribution in [2.24, 2.45) is 0 Å². The van der Waals surface area contributed by atoms with Crippen molar-refractivity contribution in [2.45, 2.75) is 25.9 Å². The van der Waals surface area contributed by atoms with E-state index in [4.69, 9.17) is 9.47 Å². The maximum Gasteiger partial charge on any atom is 0.305 e. The summed E-state index contributed by atoms with van der Waals surface area (Å²) in [5.41, 5.74) is 0. The van der Waals surface area contributed by atoms with Gasteiger partial charge in [-0.3, -0.25) is 4.79 Å². The molecule has 3 heteroatoms. The quantitative estimate of drug-likeness (QED) is 0.536. The number of carbonyl (C=O) groups is 1. The van der Waals surface area contributed by atoms with Crippen LogP contribution < -0.4 is 0 Å². The summed E-state index contributed by atoms with van der Waals surface area (Å²) in [6, 6.07) is 0. The van der Waals surface area contributed by atoms with Crippen LogP contribution in [0.3, 0.4) is 0 Å². The SMILES string of the molecule is CCC(=O)OC1CCOC1. The summed E-state index contributed by atoms with van der Waals surface area (Å²) in [5, 5.41) is 0. The maximum atomic E-state index is 10.7. The van der Waals surface area contributed by atoms with E-state index in [0.717, 1.165) is 13.0 Å². The minimum atomic E-state index is -0.129. The zero-order valence-corrected chi connectivity index (χ0v) is 6.13. The highest BCUT2D eigenvalue weighted by Crippen LogP contribution is 2.08. The van der Waals surface area contributed by atoms with Gasteiger partial charge >= 0.3 is 5.97 Å². The third-order valence-corrected chi connectivity index (χ3v) is 1.47. The van der Waals surface area contributed by atoms with Crippen LogP contribution in [0, 0.1) is 0 Å². The molecule has 1 atom stereocenters. The minimum absolute atomic E-state index is 0.0208. The second kappa shape index (κ2) is 3.56. The second-order valence-electron chi connectivity index (χ2n) is 2.33. The van der Waals surface area contributed by atoms with Gasteiger partial charge in [-0.1, -0.05) is 6.92 Å². The molecule has 0 bridgehead atoms. The number of ether oxygens (including phenoxy) is 2. The topological polar surface area (TPSA) is 35.5 Å². The number of rotatable bonds is 2. The minimum Gasteiger partial charge on any atom is -0.460 e. The number of hydrogen-bond donors (Lipinski definition) is 0. The summed E-state index contributed by atoms with van der Waals surface area (Å²) in [6.45, 7) is 3.09. The third kappa shape index (κ3) is 1.99. The van der Waals surface area contributed by atoms with Gasteiger partial charge < -0.3 is 9.47 Å². The monoisotopic (exact) mass is 144 g/mol. The molecule has 10 heavy (non-hydrogen) atoms. The zero-order chi connectivity index (χ0) is 7.40. The first-order valence-electron chi connectivity index (χ1n) is 3.60. The Morgan fingerprint density at radius 1 is 1.80 bits per heavy atom. The van der Waals surface area contributed by atoms with Crippen LogP contribution >= 0.6 is 0 Å². The first-order chi connectivity index (χ1) is 4.83. The van der Waals surface area contributed by atoms with E-state index in [1.807, 2.05) is 0 Å². The number of esters is 1. The average molecular weight is 144 g/mol. The lowest BCUT2D eigenvalue weighted by Crippen LogP contribution is -2.16. The van der Waals surface area contributed by atoms with Gasteiger partial charge in [0, 0.05) is 12.8 Å². The largest absolute Gasteiger partial charge is 0.460 e.